The lowest BCUT2D eigenvalue weighted by Crippen LogP contribution is -2.17. The van der Waals surface area contributed by atoms with Gasteiger partial charge in [0.05, 0.1) is 30.3 Å². The monoisotopic (exact) mass is 512 g/mol. The highest BCUT2D eigenvalue weighted by Crippen LogP contribution is 2.33. The van der Waals surface area contributed by atoms with Gasteiger partial charge in [-0.25, -0.2) is 9.77 Å². The standard InChI is InChI=1S/C18H18Br2N4O2S/c1-3-26-16-11(8-12(19)9-14(16)20)10-21-24-17(22-23-18(24)27)13-6-4-5-7-15(13)25-2/h4-9,21H,3,10H2,1-2H3,(H,23,27). The lowest BCUT2D eigenvalue weighted by molar-refractivity contribution is 0.334. The van der Waals surface area contributed by atoms with E-state index in [0.717, 1.165) is 31.6 Å². The molecule has 0 unspecified atom stereocenters. The maximum absolute atomic E-state index is 5.79. The summed E-state index contributed by atoms with van der Waals surface area (Å²) in [6, 6.07) is 11.6. The van der Waals surface area contributed by atoms with E-state index < -0.39 is 0 Å². The summed E-state index contributed by atoms with van der Waals surface area (Å²) in [5.41, 5.74) is 5.13. The number of aromatic amines is 1. The van der Waals surface area contributed by atoms with Gasteiger partial charge in [0.2, 0.25) is 4.77 Å². The average molecular weight is 514 g/mol. The van der Waals surface area contributed by atoms with Gasteiger partial charge in [0.15, 0.2) is 5.82 Å². The topological polar surface area (TPSA) is 64.1 Å². The zero-order valence-corrected chi connectivity index (χ0v) is 18.7. The second-order valence-corrected chi connectivity index (χ2v) is 7.69. The second kappa shape index (κ2) is 8.90. The molecule has 0 aliphatic heterocycles. The summed E-state index contributed by atoms with van der Waals surface area (Å²) in [5.74, 6) is 2.15. The van der Waals surface area contributed by atoms with Crippen molar-refractivity contribution >= 4 is 44.1 Å². The number of hydrogen-bond acceptors (Lipinski definition) is 5. The number of ether oxygens (including phenoxy) is 2. The summed E-state index contributed by atoms with van der Waals surface area (Å²) in [4.78, 5) is 0. The molecule has 0 atom stereocenters. The molecule has 0 saturated carbocycles. The highest BCUT2D eigenvalue weighted by Gasteiger charge is 2.15. The van der Waals surface area contributed by atoms with Crippen LogP contribution in [0.5, 0.6) is 11.5 Å². The van der Waals surface area contributed by atoms with E-state index >= 15 is 0 Å². The molecule has 0 spiro atoms. The minimum absolute atomic E-state index is 0.461. The molecule has 0 amide bonds. The van der Waals surface area contributed by atoms with Crippen LogP contribution in [0.15, 0.2) is 45.3 Å². The first-order chi connectivity index (χ1) is 13.0. The normalized spacial score (nSPS) is 10.7. The molecule has 6 nitrogen and oxygen atoms in total. The Balaban J connectivity index is 1.95. The Hall–Kier alpha value is -1.84. The van der Waals surface area contributed by atoms with Crippen molar-refractivity contribution in [2.24, 2.45) is 0 Å². The molecule has 27 heavy (non-hydrogen) atoms. The van der Waals surface area contributed by atoms with Crippen LogP contribution >= 0.6 is 44.1 Å². The van der Waals surface area contributed by atoms with Crippen LogP contribution in [0.25, 0.3) is 11.4 Å². The fraction of sp³-hybridized carbons (Fsp3) is 0.222. The Bertz CT molecular complexity index is 1000. The highest BCUT2D eigenvalue weighted by atomic mass is 79.9. The van der Waals surface area contributed by atoms with E-state index in [0.29, 0.717) is 23.7 Å². The van der Waals surface area contributed by atoms with Crippen molar-refractivity contribution in [2.45, 2.75) is 13.5 Å². The molecule has 3 aromatic rings. The molecule has 142 valence electrons. The largest absolute Gasteiger partial charge is 0.496 e. The number of aromatic nitrogens is 3. The molecule has 3 rings (SSSR count). The smallest absolute Gasteiger partial charge is 0.214 e. The Morgan fingerprint density at radius 3 is 2.78 bits per heavy atom. The predicted octanol–water partition coefficient (Wildman–Crippen LogP) is 5.28. The van der Waals surface area contributed by atoms with Gasteiger partial charge in [0.1, 0.15) is 11.5 Å². The van der Waals surface area contributed by atoms with E-state index in [1.54, 1.807) is 11.8 Å². The van der Waals surface area contributed by atoms with Gasteiger partial charge in [0.25, 0.3) is 0 Å². The molecule has 1 heterocycles. The van der Waals surface area contributed by atoms with Gasteiger partial charge >= 0.3 is 0 Å². The van der Waals surface area contributed by atoms with Crippen LogP contribution < -0.4 is 14.9 Å². The molecule has 1 aromatic heterocycles. The maximum atomic E-state index is 5.79. The zero-order chi connectivity index (χ0) is 19.4. The Kier molecular flexibility index (Phi) is 6.56. The molecule has 2 N–H and O–H groups in total. The Morgan fingerprint density at radius 2 is 2.04 bits per heavy atom. The Labute approximate surface area is 179 Å². The molecule has 0 aliphatic rings. The minimum atomic E-state index is 0.461. The molecule has 0 radical (unpaired) electrons. The van der Waals surface area contributed by atoms with Gasteiger partial charge in [-0.1, -0.05) is 28.1 Å². The summed E-state index contributed by atoms with van der Waals surface area (Å²) in [6.45, 7) is 3.02. The van der Waals surface area contributed by atoms with Crippen molar-refractivity contribution in [1.29, 1.82) is 0 Å². The third-order valence-electron chi connectivity index (χ3n) is 3.82. The van der Waals surface area contributed by atoms with E-state index in [4.69, 9.17) is 21.7 Å². The third-order valence-corrected chi connectivity index (χ3v) is 5.14. The number of hydrogen-bond donors (Lipinski definition) is 2. The van der Waals surface area contributed by atoms with Crippen LogP contribution in [0.4, 0.5) is 0 Å². The van der Waals surface area contributed by atoms with Gasteiger partial charge in [-0.2, -0.15) is 5.10 Å². The van der Waals surface area contributed by atoms with Gasteiger partial charge < -0.3 is 14.9 Å². The van der Waals surface area contributed by atoms with E-state index in [-0.39, 0.29) is 0 Å². The number of rotatable bonds is 7. The number of methoxy groups -OCH3 is 1. The lowest BCUT2D eigenvalue weighted by Gasteiger charge is -2.16. The second-order valence-electron chi connectivity index (χ2n) is 5.53. The number of benzene rings is 2. The first-order valence-corrected chi connectivity index (χ1v) is 10.2. The third kappa shape index (κ3) is 4.36. The fourth-order valence-corrected chi connectivity index (χ4v) is 4.29. The van der Waals surface area contributed by atoms with Crippen molar-refractivity contribution in [2.75, 3.05) is 19.1 Å². The van der Waals surface area contributed by atoms with Crippen LogP contribution in [0.2, 0.25) is 0 Å². The van der Waals surface area contributed by atoms with Crippen LogP contribution in [-0.2, 0) is 6.54 Å². The number of halogens is 2. The number of nitrogens with one attached hydrogen (secondary N) is 2. The van der Waals surface area contributed by atoms with E-state index in [1.807, 2.05) is 43.3 Å². The van der Waals surface area contributed by atoms with Gasteiger partial charge in [0, 0.05) is 10.0 Å². The summed E-state index contributed by atoms with van der Waals surface area (Å²) in [5, 5.41) is 7.19. The van der Waals surface area contributed by atoms with E-state index in [9.17, 15) is 0 Å². The van der Waals surface area contributed by atoms with Crippen molar-refractivity contribution in [3.05, 3.63) is 55.7 Å². The maximum Gasteiger partial charge on any atom is 0.214 e. The van der Waals surface area contributed by atoms with Crippen LogP contribution in [-0.4, -0.2) is 28.6 Å². The summed E-state index contributed by atoms with van der Waals surface area (Å²) in [6.07, 6.45) is 0. The van der Waals surface area contributed by atoms with Gasteiger partial charge in [-0.3, -0.25) is 0 Å². The first kappa shape index (κ1) is 19.9. The first-order valence-electron chi connectivity index (χ1n) is 8.20. The molecule has 9 heteroatoms. The van der Waals surface area contributed by atoms with Crippen LogP contribution in [0.3, 0.4) is 0 Å². The summed E-state index contributed by atoms with van der Waals surface area (Å²) >= 11 is 12.5. The molecule has 0 saturated heterocycles. The zero-order valence-electron chi connectivity index (χ0n) is 14.8. The number of para-hydroxylation sites is 1. The average Bonchev–Trinajstić information content (AvgIpc) is 3.02. The highest BCUT2D eigenvalue weighted by molar-refractivity contribution is 9.11. The summed E-state index contributed by atoms with van der Waals surface area (Å²) < 4.78 is 15.3. The van der Waals surface area contributed by atoms with Crippen LogP contribution in [0, 0.1) is 4.77 Å². The van der Waals surface area contributed by atoms with Crippen LogP contribution in [0.1, 0.15) is 12.5 Å². The van der Waals surface area contributed by atoms with Gasteiger partial charge in [-0.15, -0.1) is 0 Å². The van der Waals surface area contributed by atoms with E-state index in [1.165, 1.54) is 0 Å². The lowest BCUT2D eigenvalue weighted by atomic mass is 10.2. The SMILES string of the molecule is CCOc1c(Br)cc(Br)cc1CNn1c(-c2ccccc2OC)n[nH]c1=S. The van der Waals surface area contributed by atoms with Gasteiger partial charge in [-0.05, 0) is 59.3 Å². The van der Waals surface area contributed by atoms with Crippen molar-refractivity contribution < 1.29 is 9.47 Å². The predicted molar refractivity (Wildman–Crippen MR) is 115 cm³/mol. The number of H-pyrrole nitrogens is 1. The molecular formula is C18H18Br2N4O2S. The Morgan fingerprint density at radius 1 is 1.26 bits per heavy atom. The van der Waals surface area contributed by atoms with Crippen molar-refractivity contribution in [1.82, 2.24) is 14.9 Å². The molecule has 2 aromatic carbocycles. The molecule has 0 aliphatic carbocycles. The minimum Gasteiger partial charge on any atom is -0.496 e. The van der Waals surface area contributed by atoms with E-state index in [2.05, 4.69) is 47.5 Å². The van der Waals surface area contributed by atoms with Crippen molar-refractivity contribution in [3.63, 3.8) is 0 Å². The fourth-order valence-electron chi connectivity index (χ4n) is 2.67. The molecular weight excluding hydrogens is 496 g/mol. The number of nitrogens with zero attached hydrogens (tertiary/aromatic N) is 2. The van der Waals surface area contributed by atoms with Crippen molar-refractivity contribution in [3.8, 4) is 22.9 Å². The summed E-state index contributed by atoms with van der Waals surface area (Å²) in [7, 11) is 1.63. The quantitative estimate of drug-likeness (QED) is 0.420. The molecule has 0 bridgehead atoms. The molecule has 0 fully saturated rings.